The van der Waals surface area contributed by atoms with Crippen LogP contribution in [0.4, 0.5) is 0 Å². The maximum atomic E-state index is 10.0. The third-order valence-electron chi connectivity index (χ3n) is 3.00. The lowest BCUT2D eigenvalue weighted by atomic mass is 10.1. The molecule has 1 aliphatic rings. The van der Waals surface area contributed by atoms with Crippen LogP contribution >= 0.6 is 11.8 Å². The van der Waals surface area contributed by atoms with Gasteiger partial charge in [0.05, 0.1) is 18.3 Å². The van der Waals surface area contributed by atoms with E-state index in [1.54, 1.807) is 11.8 Å². The highest BCUT2D eigenvalue weighted by molar-refractivity contribution is 7.98. The minimum Gasteiger partial charge on any atom is -0.388 e. The Hall–Kier alpha value is 0.190. The number of aliphatic hydroxyl groups is 1. The summed E-state index contributed by atoms with van der Waals surface area (Å²) >= 11 is 1.67. The number of hydrogen-bond acceptors (Lipinski definition) is 5. The van der Waals surface area contributed by atoms with Crippen molar-refractivity contribution in [2.24, 2.45) is 0 Å². The van der Waals surface area contributed by atoms with Gasteiger partial charge in [0.2, 0.25) is 0 Å². The molecule has 1 rings (SSSR count). The van der Waals surface area contributed by atoms with Crippen LogP contribution in [0.25, 0.3) is 0 Å². The molecule has 0 radical (unpaired) electrons. The van der Waals surface area contributed by atoms with E-state index < -0.39 is 5.60 Å². The molecule has 1 saturated heterocycles. The summed E-state index contributed by atoms with van der Waals surface area (Å²) in [7, 11) is 0. The molecule has 17 heavy (non-hydrogen) atoms. The number of likely N-dealkylation sites (N-methyl/N-ethyl adjacent to an activating group) is 1. The van der Waals surface area contributed by atoms with Gasteiger partial charge in [0, 0.05) is 31.9 Å². The first-order chi connectivity index (χ1) is 8.07. The number of rotatable bonds is 7. The fourth-order valence-electron chi connectivity index (χ4n) is 2.06. The van der Waals surface area contributed by atoms with E-state index in [1.165, 1.54) is 0 Å². The summed E-state index contributed by atoms with van der Waals surface area (Å²) in [5.74, 6) is 0.757. The molecule has 2 atom stereocenters. The van der Waals surface area contributed by atoms with Gasteiger partial charge in [0.25, 0.3) is 0 Å². The topological polar surface area (TPSA) is 44.7 Å². The molecule has 4 nitrogen and oxygen atoms in total. The van der Waals surface area contributed by atoms with Gasteiger partial charge in [-0.25, -0.2) is 0 Å². The minimum atomic E-state index is -0.626. The van der Waals surface area contributed by atoms with E-state index in [2.05, 4.69) is 17.1 Å². The SMILES string of the molecule is CCN1CCOC(CNCC(C)(O)CSC)C1. The van der Waals surface area contributed by atoms with Gasteiger partial charge in [0.15, 0.2) is 0 Å². The van der Waals surface area contributed by atoms with E-state index in [1.807, 2.05) is 13.2 Å². The summed E-state index contributed by atoms with van der Waals surface area (Å²) in [6, 6.07) is 0. The van der Waals surface area contributed by atoms with Gasteiger partial charge >= 0.3 is 0 Å². The van der Waals surface area contributed by atoms with Crippen molar-refractivity contribution in [2.45, 2.75) is 25.6 Å². The van der Waals surface area contributed by atoms with E-state index in [0.717, 1.165) is 38.5 Å². The highest BCUT2D eigenvalue weighted by Crippen LogP contribution is 2.09. The summed E-state index contributed by atoms with van der Waals surface area (Å²) in [4.78, 5) is 2.40. The van der Waals surface area contributed by atoms with Gasteiger partial charge in [-0.1, -0.05) is 6.92 Å². The molecule has 0 bridgehead atoms. The molecular formula is C12H26N2O2S. The molecule has 1 aliphatic heterocycles. The highest BCUT2D eigenvalue weighted by atomic mass is 32.2. The van der Waals surface area contributed by atoms with E-state index in [9.17, 15) is 5.11 Å². The number of hydrogen-bond donors (Lipinski definition) is 2. The van der Waals surface area contributed by atoms with Crippen molar-refractivity contribution >= 4 is 11.8 Å². The molecule has 0 aliphatic carbocycles. The fourth-order valence-corrected chi connectivity index (χ4v) is 2.78. The van der Waals surface area contributed by atoms with E-state index >= 15 is 0 Å². The number of morpholine rings is 1. The van der Waals surface area contributed by atoms with Crippen molar-refractivity contribution in [3.8, 4) is 0 Å². The van der Waals surface area contributed by atoms with Gasteiger partial charge in [0.1, 0.15) is 0 Å². The molecule has 2 N–H and O–H groups in total. The maximum Gasteiger partial charge on any atom is 0.0833 e. The van der Waals surface area contributed by atoms with Crippen LogP contribution in [0.2, 0.25) is 0 Å². The first kappa shape index (κ1) is 15.2. The van der Waals surface area contributed by atoms with Crippen LogP contribution in [0.3, 0.4) is 0 Å². The standard InChI is InChI=1S/C12H26N2O2S/c1-4-14-5-6-16-11(8-14)7-13-9-12(2,15)10-17-3/h11,13,15H,4-10H2,1-3H3. The first-order valence-corrected chi connectivity index (χ1v) is 7.73. The number of thioether (sulfide) groups is 1. The van der Waals surface area contributed by atoms with Crippen LogP contribution in [0.5, 0.6) is 0 Å². The van der Waals surface area contributed by atoms with Crippen molar-refractivity contribution in [2.75, 3.05) is 51.3 Å². The third kappa shape index (κ3) is 6.06. The summed E-state index contributed by atoms with van der Waals surface area (Å²) < 4.78 is 5.69. The van der Waals surface area contributed by atoms with Crippen LogP contribution in [0.1, 0.15) is 13.8 Å². The largest absolute Gasteiger partial charge is 0.388 e. The summed E-state index contributed by atoms with van der Waals surface area (Å²) in [5.41, 5.74) is -0.626. The lowest BCUT2D eigenvalue weighted by Crippen LogP contribution is -2.49. The monoisotopic (exact) mass is 262 g/mol. The molecular weight excluding hydrogens is 236 g/mol. The van der Waals surface area contributed by atoms with Gasteiger partial charge in [-0.3, -0.25) is 4.90 Å². The molecule has 2 unspecified atom stereocenters. The summed E-state index contributed by atoms with van der Waals surface area (Å²) in [5, 5.41) is 13.3. The number of nitrogens with zero attached hydrogens (tertiary/aromatic N) is 1. The second-order valence-electron chi connectivity index (χ2n) is 4.95. The number of ether oxygens (including phenoxy) is 1. The molecule has 0 aromatic carbocycles. The molecule has 0 aromatic heterocycles. The van der Waals surface area contributed by atoms with Gasteiger partial charge in [-0.15, -0.1) is 0 Å². The molecule has 102 valence electrons. The average Bonchev–Trinajstić information content (AvgIpc) is 2.29. The Balaban J connectivity index is 2.17. The lowest BCUT2D eigenvalue weighted by Gasteiger charge is -2.33. The predicted octanol–water partition coefficient (Wildman–Crippen LogP) is 0.411. The Morgan fingerprint density at radius 1 is 1.59 bits per heavy atom. The summed E-state index contributed by atoms with van der Waals surface area (Å²) in [6.45, 7) is 9.44. The van der Waals surface area contributed by atoms with Crippen LogP contribution in [0, 0.1) is 0 Å². The predicted molar refractivity (Wildman–Crippen MR) is 73.7 cm³/mol. The summed E-state index contributed by atoms with van der Waals surface area (Å²) in [6.07, 6.45) is 2.27. The smallest absolute Gasteiger partial charge is 0.0833 e. The zero-order valence-electron chi connectivity index (χ0n) is 11.2. The average molecular weight is 262 g/mol. The lowest BCUT2D eigenvalue weighted by molar-refractivity contribution is -0.0276. The molecule has 0 aromatic rings. The second-order valence-corrected chi connectivity index (χ2v) is 5.81. The van der Waals surface area contributed by atoms with Crippen molar-refractivity contribution in [1.82, 2.24) is 10.2 Å². The van der Waals surface area contributed by atoms with Gasteiger partial charge < -0.3 is 15.2 Å². The fraction of sp³-hybridized carbons (Fsp3) is 1.00. The van der Waals surface area contributed by atoms with Crippen molar-refractivity contribution in [3.05, 3.63) is 0 Å². The van der Waals surface area contributed by atoms with Crippen molar-refractivity contribution in [3.63, 3.8) is 0 Å². The zero-order chi connectivity index (χ0) is 12.7. The zero-order valence-corrected chi connectivity index (χ0v) is 12.1. The van der Waals surface area contributed by atoms with Crippen LogP contribution in [-0.4, -0.2) is 73.1 Å². The molecule has 0 amide bonds. The quantitative estimate of drug-likeness (QED) is 0.696. The van der Waals surface area contributed by atoms with E-state index in [0.29, 0.717) is 6.54 Å². The molecule has 0 saturated carbocycles. The van der Waals surface area contributed by atoms with E-state index in [4.69, 9.17) is 4.74 Å². The second kappa shape index (κ2) is 7.59. The Morgan fingerprint density at radius 2 is 2.35 bits per heavy atom. The highest BCUT2D eigenvalue weighted by Gasteiger charge is 2.22. The molecule has 5 heteroatoms. The Bertz CT molecular complexity index is 215. The normalized spacial score (nSPS) is 25.8. The first-order valence-electron chi connectivity index (χ1n) is 6.33. The van der Waals surface area contributed by atoms with Crippen molar-refractivity contribution in [1.29, 1.82) is 0 Å². The Kier molecular flexibility index (Phi) is 6.80. The van der Waals surface area contributed by atoms with Gasteiger partial charge in [-0.05, 0) is 19.7 Å². The van der Waals surface area contributed by atoms with E-state index in [-0.39, 0.29) is 6.10 Å². The maximum absolute atomic E-state index is 10.0. The van der Waals surface area contributed by atoms with Crippen LogP contribution in [0.15, 0.2) is 0 Å². The minimum absolute atomic E-state index is 0.258. The van der Waals surface area contributed by atoms with Gasteiger partial charge in [-0.2, -0.15) is 11.8 Å². The molecule has 1 fully saturated rings. The number of nitrogens with one attached hydrogen (secondary N) is 1. The van der Waals surface area contributed by atoms with Crippen LogP contribution in [-0.2, 0) is 4.74 Å². The molecule has 1 heterocycles. The Labute approximate surface area is 109 Å². The Morgan fingerprint density at radius 3 is 3.00 bits per heavy atom. The van der Waals surface area contributed by atoms with Crippen molar-refractivity contribution < 1.29 is 9.84 Å². The van der Waals surface area contributed by atoms with Crippen LogP contribution < -0.4 is 5.32 Å². The third-order valence-corrected chi connectivity index (χ3v) is 3.91. The molecule has 0 spiro atoms.